The second-order valence-electron chi connectivity index (χ2n) is 6.95. The highest BCUT2D eigenvalue weighted by Crippen LogP contribution is 2.38. The van der Waals surface area contributed by atoms with Gasteiger partial charge in [-0.3, -0.25) is 4.79 Å². The van der Waals surface area contributed by atoms with Gasteiger partial charge in [0.25, 0.3) is 0 Å². The van der Waals surface area contributed by atoms with Gasteiger partial charge >= 0.3 is 0 Å². The number of rotatable bonds is 5. The number of carbonyl (C=O) groups excluding carboxylic acids is 1. The molecule has 0 aliphatic heterocycles. The topological polar surface area (TPSA) is 64.4 Å². The summed E-state index contributed by atoms with van der Waals surface area (Å²) in [6, 6.07) is 7.57. The molecule has 0 saturated carbocycles. The smallest absolute Gasteiger partial charge is 0.249 e. The van der Waals surface area contributed by atoms with Gasteiger partial charge in [-0.25, -0.2) is 4.98 Å². The molecule has 146 valence electrons. The summed E-state index contributed by atoms with van der Waals surface area (Å²) in [6.45, 7) is 12.3. The van der Waals surface area contributed by atoms with Gasteiger partial charge in [-0.15, -0.1) is 0 Å². The number of aryl methyl sites for hydroxylation is 4. The number of pyridine rings is 1. The van der Waals surface area contributed by atoms with Gasteiger partial charge in [0.1, 0.15) is 22.9 Å². The Hall–Kier alpha value is -3.08. The average molecular weight is 378 g/mol. The molecule has 2 aromatic heterocycles. The van der Waals surface area contributed by atoms with Crippen molar-refractivity contribution in [3.8, 4) is 5.75 Å². The lowest BCUT2D eigenvalue weighted by Gasteiger charge is -2.14. The van der Waals surface area contributed by atoms with E-state index in [0.717, 1.165) is 50.4 Å². The molecule has 5 heteroatoms. The molecule has 0 fully saturated rings. The van der Waals surface area contributed by atoms with Crippen molar-refractivity contribution in [3.63, 3.8) is 0 Å². The summed E-state index contributed by atoms with van der Waals surface area (Å²) in [5, 5.41) is 3.86. The summed E-state index contributed by atoms with van der Waals surface area (Å²) in [4.78, 5) is 16.8. The van der Waals surface area contributed by atoms with Crippen molar-refractivity contribution in [3.05, 3.63) is 58.5 Å². The second-order valence-corrected chi connectivity index (χ2v) is 6.95. The number of fused-ring (bicyclic) bond motifs is 1. The minimum Gasteiger partial charge on any atom is -0.493 e. The third-order valence-electron chi connectivity index (χ3n) is 4.85. The number of hydrogen-bond donors (Lipinski definition) is 1. The standard InChI is InChI=1S/C23H26N2O3/c1-7-27-22-16(5)23-19(15(4)17(6)28-23)12-18(22)13(2)11-21(26)25-20-10-8-9-14(3)24-20/h8-12H,7H2,1-6H3,(H,24,25,26)/b13-11+. The molecule has 3 rings (SSSR count). The Morgan fingerprint density at radius 3 is 2.64 bits per heavy atom. The lowest BCUT2D eigenvalue weighted by Crippen LogP contribution is -2.10. The van der Waals surface area contributed by atoms with Gasteiger partial charge in [0.05, 0.1) is 6.61 Å². The molecular weight excluding hydrogens is 352 g/mol. The lowest BCUT2D eigenvalue weighted by atomic mass is 9.98. The van der Waals surface area contributed by atoms with Crippen LogP contribution in [-0.4, -0.2) is 17.5 Å². The second kappa shape index (κ2) is 7.89. The third kappa shape index (κ3) is 3.79. The summed E-state index contributed by atoms with van der Waals surface area (Å²) < 4.78 is 11.9. The molecule has 0 spiro atoms. The molecule has 0 unspecified atom stereocenters. The Morgan fingerprint density at radius 2 is 1.96 bits per heavy atom. The molecule has 2 heterocycles. The Morgan fingerprint density at radius 1 is 1.21 bits per heavy atom. The number of allylic oxidation sites excluding steroid dienone is 1. The van der Waals surface area contributed by atoms with Gasteiger partial charge in [0.2, 0.25) is 5.91 Å². The monoisotopic (exact) mass is 378 g/mol. The zero-order valence-corrected chi connectivity index (χ0v) is 17.3. The molecule has 0 radical (unpaired) electrons. The van der Waals surface area contributed by atoms with Gasteiger partial charge in [0.15, 0.2) is 0 Å². The summed E-state index contributed by atoms with van der Waals surface area (Å²) in [7, 11) is 0. The molecule has 0 saturated heterocycles. The fourth-order valence-corrected chi connectivity index (χ4v) is 3.28. The van der Waals surface area contributed by atoms with Gasteiger partial charge in [0, 0.05) is 28.3 Å². The summed E-state index contributed by atoms with van der Waals surface area (Å²) >= 11 is 0. The van der Waals surface area contributed by atoms with Crippen LogP contribution in [0.3, 0.4) is 0 Å². The first kappa shape index (κ1) is 19.7. The molecule has 1 N–H and O–H groups in total. The van der Waals surface area contributed by atoms with E-state index in [4.69, 9.17) is 9.15 Å². The van der Waals surface area contributed by atoms with E-state index in [1.54, 1.807) is 12.1 Å². The van der Waals surface area contributed by atoms with Crippen LogP contribution in [0.4, 0.5) is 5.82 Å². The first-order valence-corrected chi connectivity index (χ1v) is 9.41. The highest BCUT2D eigenvalue weighted by molar-refractivity contribution is 6.04. The SMILES string of the molecule is CCOc1c(/C(C)=C/C(=O)Nc2cccc(C)n2)cc2c(C)c(C)oc2c1C. The van der Waals surface area contributed by atoms with E-state index in [1.807, 2.05) is 59.7 Å². The number of furan rings is 1. The molecule has 1 amide bonds. The van der Waals surface area contributed by atoms with E-state index < -0.39 is 0 Å². The number of nitrogens with zero attached hydrogens (tertiary/aromatic N) is 1. The maximum absolute atomic E-state index is 12.5. The van der Waals surface area contributed by atoms with Crippen molar-refractivity contribution < 1.29 is 13.9 Å². The Kier molecular flexibility index (Phi) is 5.54. The summed E-state index contributed by atoms with van der Waals surface area (Å²) in [5.74, 6) is 1.95. The molecule has 0 aliphatic carbocycles. The zero-order chi connectivity index (χ0) is 20.4. The molecule has 0 bridgehead atoms. The van der Waals surface area contributed by atoms with Gasteiger partial charge in [-0.1, -0.05) is 6.07 Å². The fourth-order valence-electron chi connectivity index (χ4n) is 3.28. The number of ether oxygens (including phenoxy) is 1. The number of aromatic nitrogens is 1. The summed E-state index contributed by atoms with van der Waals surface area (Å²) in [5.41, 5.74) is 5.44. The molecule has 0 atom stereocenters. The average Bonchev–Trinajstić information content (AvgIpc) is 2.92. The van der Waals surface area contributed by atoms with Crippen LogP contribution < -0.4 is 10.1 Å². The predicted molar refractivity (Wildman–Crippen MR) is 113 cm³/mol. The number of nitrogens with one attached hydrogen (secondary N) is 1. The van der Waals surface area contributed by atoms with Crippen molar-refractivity contribution in [2.24, 2.45) is 0 Å². The maximum atomic E-state index is 12.5. The van der Waals surface area contributed by atoms with E-state index in [2.05, 4.69) is 10.3 Å². The molecule has 1 aromatic carbocycles. The van der Waals surface area contributed by atoms with Gasteiger partial charge in [-0.2, -0.15) is 0 Å². The number of carbonyl (C=O) groups is 1. The van der Waals surface area contributed by atoms with E-state index in [-0.39, 0.29) is 5.91 Å². The number of hydrogen-bond acceptors (Lipinski definition) is 4. The third-order valence-corrected chi connectivity index (χ3v) is 4.85. The quantitative estimate of drug-likeness (QED) is 0.595. The minimum atomic E-state index is -0.226. The Balaban J connectivity index is 2.02. The van der Waals surface area contributed by atoms with Crippen LogP contribution in [0.25, 0.3) is 16.5 Å². The van der Waals surface area contributed by atoms with Gasteiger partial charge < -0.3 is 14.5 Å². The van der Waals surface area contributed by atoms with Crippen LogP contribution in [0.2, 0.25) is 0 Å². The molecule has 3 aromatic rings. The van der Waals surface area contributed by atoms with Crippen molar-refractivity contribution in [1.82, 2.24) is 4.98 Å². The van der Waals surface area contributed by atoms with Crippen LogP contribution in [-0.2, 0) is 4.79 Å². The van der Waals surface area contributed by atoms with Crippen molar-refractivity contribution in [1.29, 1.82) is 0 Å². The lowest BCUT2D eigenvalue weighted by molar-refractivity contribution is -0.111. The predicted octanol–water partition coefficient (Wildman–Crippen LogP) is 5.50. The molecule has 0 aliphatic rings. The Bertz CT molecular complexity index is 1080. The fraction of sp³-hybridized carbons (Fsp3) is 0.304. The van der Waals surface area contributed by atoms with Crippen LogP contribution in [0.1, 0.15) is 42.0 Å². The largest absolute Gasteiger partial charge is 0.493 e. The first-order chi connectivity index (χ1) is 13.3. The maximum Gasteiger partial charge on any atom is 0.249 e. The van der Waals surface area contributed by atoms with Crippen molar-refractivity contribution in [2.75, 3.05) is 11.9 Å². The molecular formula is C23H26N2O3. The Labute approximate surface area is 165 Å². The number of anilines is 1. The van der Waals surface area contributed by atoms with E-state index in [0.29, 0.717) is 12.4 Å². The van der Waals surface area contributed by atoms with Crippen molar-refractivity contribution in [2.45, 2.75) is 41.5 Å². The number of benzene rings is 1. The van der Waals surface area contributed by atoms with Crippen LogP contribution >= 0.6 is 0 Å². The molecule has 5 nitrogen and oxygen atoms in total. The van der Waals surface area contributed by atoms with Crippen LogP contribution in [0, 0.1) is 27.7 Å². The van der Waals surface area contributed by atoms with Gasteiger partial charge in [-0.05, 0) is 70.9 Å². The highest BCUT2D eigenvalue weighted by Gasteiger charge is 2.18. The normalized spacial score (nSPS) is 11.7. The highest BCUT2D eigenvalue weighted by atomic mass is 16.5. The first-order valence-electron chi connectivity index (χ1n) is 9.41. The molecule has 28 heavy (non-hydrogen) atoms. The van der Waals surface area contributed by atoms with E-state index >= 15 is 0 Å². The van der Waals surface area contributed by atoms with Crippen molar-refractivity contribution >= 4 is 28.3 Å². The van der Waals surface area contributed by atoms with E-state index in [9.17, 15) is 4.79 Å². The van der Waals surface area contributed by atoms with Crippen LogP contribution in [0.15, 0.2) is 34.8 Å². The zero-order valence-electron chi connectivity index (χ0n) is 17.3. The summed E-state index contributed by atoms with van der Waals surface area (Å²) in [6.07, 6.45) is 1.58. The minimum absolute atomic E-state index is 0.226. The number of amides is 1. The van der Waals surface area contributed by atoms with Crippen LogP contribution in [0.5, 0.6) is 5.75 Å². The van der Waals surface area contributed by atoms with E-state index in [1.165, 1.54) is 0 Å².